The average molecular weight is 468 g/mol. The minimum Gasteiger partial charge on any atom is -0.377 e. The first kappa shape index (κ1) is 22.3. The summed E-state index contributed by atoms with van der Waals surface area (Å²) in [6.45, 7) is 2.28. The second-order valence-electron chi connectivity index (χ2n) is 8.02. The summed E-state index contributed by atoms with van der Waals surface area (Å²) in [6.07, 6.45) is -0.325. The summed E-state index contributed by atoms with van der Waals surface area (Å²) in [5.41, 5.74) is -0.724. The Labute approximate surface area is 187 Å². The maximum absolute atomic E-state index is 13.0. The summed E-state index contributed by atoms with van der Waals surface area (Å²) in [4.78, 5) is 36.3. The molecule has 3 aromatic rings. The first-order valence-corrected chi connectivity index (χ1v) is 10.3. The van der Waals surface area contributed by atoms with E-state index in [4.69, 9.17) is 0 Å². The van der Waals surface area contributed by atoms with Crippen LogP contribution in [0.5, 0.6) is 0 Å². The molecule has 0 atom stereocenters. The van der Waals surface area contributed by atoms with E-state index in [9.17, 15) is 22.8 Å². The molecule has 11 heteroatoms. The van der Waals surface area contributed by atoms with Crippen molar-refractivity contribution in [2.75, 3.05) is 41.3 Å². The van der Waals surface area contributed by atoms with Crippen LogP contribution in [-0.2, 0) is 6.18 Å². The van der Waals surface area contributed by atoms with Crippen molar-refractivity contribution >= 4 is 40.5 Å². The molecule has 2 aromatic heterocycles. The van der Waals surface area contributed by atoms with Gasteiger partial charge in [0.15, 0.2) is 0 Å². The smallest absolute Gasteiger partial charge is 0.377 e. The second-order valence-corrected chi connectivity index (χ2v) is 8.02. The van der Waals surface area contributed by atoms with Crippen molar-refractivity contribution in [3.8, 4) is 0 Å². The van der Waals surface area contributed by atoms with Gasteiger partial charge in [-0.2, -0.15) is 13.2 Å². The first-order chi connectivity index (χ1) is 14.8. The normalized spacial score (nSPS) is 17.3. The van der Waals surface area contributed by atoms with E-state index in [1.807, 2.05) is 9.80 Å². The van der Waals surface area contributed by atoms with Crippen LogP contribution >= 0.6 is 12.4 Å². The molecule has 1 aliphatic heterocycles. The lowest BCUT2D eigenvalue weighted by Crippen LogP contribution is -2.44. The van der Waals surface area contributed by atoms with Gasteiger partial charge in [-0.25, -0.2) is 9.97 Å². The number of aromatic nitrogens is 2. The molecule has 1 aromatic carbocycles. The predicted octanol–water partition coefficient (Wildman–Crippen LogP) is 2.96. The van der Waals surface area contributed by atoms with Gasteiger partial charge in [0.1, 0.15) is 22.9 Å². The van der Waals surface area contributed by atoms with Crippen LogP contribution < -0.4 is 26.0 Å². The molecular weight excluding hydrogens is 447 g/mol. The molecule has 2 fully saturated rings. The Morgan fingerprint density at radius 2 is 1.69 bits per heavy atom. The largest absolute Gasteiger partial charge is 0.433 e. The summed E-state index contributed by atoms with van der Waals surface area (Å²) in [6, 6.07) is 4.12. The third-order valence-corrected chi connectivity index (χ3v) is 5.81. The van der Waals surface area contributed by atoms with Gasteiger partial charge in [0.25, 0.3) is 10.9 Å². The van der Waals surface area contributed by atoms with E-state index in [2.05, 4.69) is 15.3 Å². The standard InChI is InChI=1S/C21H20F3N5O2.ClH/c22-21(23,24)15-5-4-13-14(27-15)6-7-25-20(13)29-9-1-8-28(10-11-29)17-16(18(30)19(17)31)26-12-2-3-12;/h4-7,12,26H,1-3,8-11H2;1H. The van der Waals surface area contributed by atoms with Gasteiger partial charge in [-0.15, -0.1) is 12.4 Å². The Hall–Kier alpha value is -2.88. The van der Waals surface area contributed by atoms with E-state index in [0.717, 1.165) is 18.9 Å². The predicted molar refractivity (Wildman–Crippen MR) is 119 cm³/mol. The molecule has 1 aliphatic carbocycles. The van der Waals surface area contributed by atoms with Crippen molar-refractivity contribution in [1.82, 2.24) is 9.97 Å². The van der Waals surface area contributed by atoms with Gasteiger partial charge in [-0.1, -0.05) is 0 Å². The summed E-state index contributed by atoms with van der Waals surface area (Å²) in [5, 5.41) is 3.71. The number of alkyl halides is 3. The third-order valence-electron chi connectivity index (χ3n) is 5.81. The zero-order chi connectivity index (χ0) is 21.8. The quantitative estimate of drug-likeness (QED) is 0.591. The molecular formula is C21H21ClF3N5O2. The molecule has 2 aliphatic rings. The van der Waals surface area contributed by atoms with Crippen LogP contribution in [0.15, 0.2) is 34.0 Å². The maximum Gasteiger partial charge on any atom is 0.433 e. The van der Waals surface area contributed by atoms with E-state index in [1.54, 1.807) is 0 Å². The fraction of sp³-hybridized carbons (Fsp3) is 0.429. The Bertz CT molecular complexity index is 1220. The SMILES string of the molecule is Cl.O=c1c(NC2CC2)c(N2CCCN(c3nccc4nc(C(F)(F)F)ccc34)CC2)c1=O. The first-order valence-electron chi connectivity index (χ1n) is 10.3. The molecule has 1 saturated carbocycles. The van der Waals surface area contributed by atoms with Crippen LogP contribution in [-0.4, -0.2) is 42.2 Å². The molecule has 170 valence electrons. The van der Waals surface area contributed by atoms with E-state index in [-0.39, 0.29) is 24.0 Å². The third kappa shape index (κ3) is 3.99. The zero-order valence-corrected chi connectivity index (χ0v) is 17.8. The van der Waals surface area contributed by atoms with Crippen molar-refractivity contribution in [2.45, 2.75) is 31.5 Å². The molecule has 0 spiro atoms. The Balaban J connectivity index is 0.00000245. The highest BCUT2D eigenvalue weighted by Crippen LogP contribution is 2.32. The second kappa shape index (κ2) is 8.23. The number of fused-ring (bicyclic) bond motifs is 1. The van der Waals surface area contributed by atoms with Crippen LogP contribution in [0.1, 0.15) is 25.0 Å². The van der Waals surface area contributed by atoms with Crippen molar-refractivity contribution in [3.05, 3.63) is 50.5 Å². The molecule has 1 saturated heterocycles. The van der Waals surface area contributed by atoms with E-state index in [0.29, 0.717) is 55.2 Å². The van der Waals surface area contributed by atoms with Crippen LogP contribution in [0.25, 0.3) is 10.9 Å². The molecule has 0 bridgehead atoms. The summed E-state index contributed by atoms with van der Waals surface area (Å²) in [7, 11) is 0. The van der Waals surface area contributed by atoms with Gasteiger partial charge in [0, 0.05) is 43.8 Å². The maximum atomic E-state index is 13.0. The highest BCUT2D eigenvalue weighted by molar-refractivity contribution is 5.89. The monoisotopic (exact) mass is 467 g/mol. The number of anilines is 3. The van der Waals surface area contributed by atoms with E-state index in [1.165, 1.54) is 18.3 Å². The van der Waals surface area contributed by atoms with Gasteiger partial charge >= 0.3 is 6.18 Å². The van der Waals surface area contributed by atoms with Crippen molar-refractivity contribution in [3.63, 3.8) is 0 Å². The molecule has 32 heavy (non-hydrogen) atoms. The lowest BCUT2D eigenvalue weighted by molar-refractivity contribution is -0.140. The molecule has 5 rings (SSSR count). The number of nitrogens with one attached hydrogen (secondary N) is 1. The average Bonchev–Trinajstić information content (AvgIpc) is 3.59. The van der Waals surface area contributed by atoms with E-state index >= 15 is 0 Å². The van der Waals surface area contributed by atoms with Gasteiger partial charge in [-0.05, 0) is 37.5 Å². The molecule has 7 nitrogen and oxygen atoms in total. The Kier molecular flexibility index (Phi) is 5.74. The van der Waals surface area contributed by atoms with Crippen molar-refractivity contribution in [1.29, 1.82) is 0 Å². The highest BCUT2D eigenvalue weighted by atomic mass is 35.5. The topological polar surface area (TPSA) is 78.4 Å². The minimum absolute atomic E-state index is 0. The number of halogens is 4. The fourth-order valence-electron chi connectivity index (χ4n) is 4.05. The Morgan fingerprint density at radius 3 is 2.41 bits per heavy atom. The fourth-order valence-corrected chi connectivity index (χ4v) is 4.05. The molecule has 0 amide bonds. The highest BCUT2D eigenvalue weighted by Gasteiger charge is 2.33. The summed E-state index contributed by atoms with van der Waals surface area (Å²) < 4.78 is 39.0. The van der Waals surface area contributed by atoms with Crippen molar-refractivity contribution < 1.29 is 13.2 Å². The lowest BCUT2D eigenvalue weighted by atomic mass is 10.1. The Morgan fingerprint density at radius 1 is 0.969 bits per heavy atom. The number of nitrogens with zero attached hydrogens (tertiary/aromatic N) is 4. The number of hydrogen-bond donors (Lipinski definition) is 1. The van der Waals surface area contributed by atoms with Gasteiger partial charge in [0.05, 0.1) is 5.52 Å². The van der Waals surface area contributed by atoms with Gasteiger partial charge in [0.2, 0.25) is 0 Å². The minimum atomic E-state index is -4.51. The molecule has 3 heterocycles. The lowest BCUT2D eigenvalue weighted by Gasteiger charge is -2.27. The number of pyridine rings is 2. The molecule has 0 radical (unpaired) electrons. The van der Waals surface area contributed by atoms with Crippen LogP contribution in [0, 0.1) is 0 Å². The van der Waals surface area contributed by atoms with Crippen molar-refractivity contribution in [2.24, 2.45) is 0 Å². The zero-order valence-electron chi connectivity index (χ0n) is 17.0. The van der Waals surface area contributed by atoms with Gasteiger partial charge < -0.3 is 15.1 Å². The number of rotatable bonds is 4. The van der Waals surface area contributed by atoms with Crippen LogP contribution in [0.3, 0.4) is 0 Å². The molecule has 0 unspecified atom stereocenters. The van der Waals surface area contributed by atoms with Gasteiger partial charge in [-0.3, -0.25) is 9.59 Å². The van der Waals surface area contributed by atoms with E-state index < -0.39 is 22.7 Å². The summed E-state index contributed by atoms with van der Waals surface area (Å²) in [5.74, 6) is 0.571. The van der Waals surface area contributed by atoms with Crippen LogP contribution in [0.2, 0.25) is 0 Å². The summed E-state index contributed by atoms with van der Waals surface area (Å²) >= 11 is 0. The molecule has 1 N–H and O–H groups in total. The van der Waals surface area contributed by atoms with Crippen LogP contribution in [0.4, 0.5) is 30.4 Å². The number of hydrogen-bond acceptors (Lipinski definition) is 7.